The minimum atomic E-state index is 0.614. The standard InChI is InChI=1S/C13H25N2/c1-5-7-9-15-11-10-14(8-6-2)13(15)12(3)4/h10-12H,5-9H2,1-4H3/q+1. The average molecular weight is 209 g/mol. The molecule has 0 spiro atoms. The molecule has 0 saturated carbocycles. The molecule has 86 valence electrons. The van der Waals surface area contributed by atoms with Crippen molar-refractivity contribution >= 4 is 0 Å². The first-order valence-corrected chi connectivity index (χ1v) is 6.29. The van der Waals surface area contributed by atoms with E-state index >= 15 is 0 Å². The topological polar surface area (TPSA) is 8.81 Å². The van der Waals surface area contributed by atoms with Crippen LogP contribution in [0.15, 0.2) is 12.4 Å². The summed E-state index contributed by atoms with van der Waals surface area (Å²) in [5.41, 5.74) is 0. The summed E-state index contributed by atoms with van der Waals surface area (Å²) in [6.07, 6.45) is 8.22. The molecule has 15 heavy (non-hydrogen) atoms. The van der Waals surface area contributed by atoms with Crippen LogP contribution in [-0.2, 0) is 13.1 Å². The fourth-order valence-electron chi connectivity index (χ4n) is 2.09. The quantitative estimate of drug-likeness (QED) is 0.637. The lowest BCUT2D eigenvalue weighted by Crippen LogP contribution is -2.37. The van der Waals surface area contributed by atoms with E-state index in [1.165, 1.54) is 31.6 Å². The predicted molar refractivity (Wildman–Crippen MR) is 63.9 cm³/mol. The molecule has 0 unspecified atom stereocenters. The number of nitrogens with zero attached hydrogens (tertiary/aromatic N) is 2. The van der Waals surface area contributed by atoms with Crippen LogP contribution in [0.5, 0.6) is 0 Å². The maximum absolute atomic E-state index is 2.42. The maximum atomic E-state index is 2.42. The minimum absolute atomic E-state index is 0.614. The Labute approximate surface area is 93.9 Å². The number of aryl methyl sites for hydroxylation is 2. The molecular weight excluding hydrogens is 184 g/mol. The summed E-state index contributed by atoms with van der Waals surface area (Å²) in [6.45, 7) is 11.4. The molecule has 0 fully saturated rings. The zero-order valence-corrected chi connectivity index (χ0v) is 10.7. The molecule has 0 aliphatic carbocycles. The Bertz CT molecular complexity index is 287. The molecule has 0 aliphatic heterocycles. The lowest BCUT2D eigenvalue weighted by Gasteiger charge is -2.06. The van der Waals surface area contributed by atoms with E-state index in [2.05, 4.69) is 49.2 Å². The van der Waals surface area contributed by atoms with Gasteiger partial charge < -0.3 is 0 Å². The van der Waals surface area contributed by atoms with Gasteiger partial charge in [-0.15, -0.1) is 0 Å². The zero-order chi connectivity index (χ0) is 11.3. The number of hydrogen-bond acceptors (Lipinski definition) is 0. The largest absolute Gasteiger partial charge is 0.258 e. The number of hydrogen-bond donors (Lipinski definition) is 0. The normalized spacial score (nSPS) is 11.3. The van der Waals surface area contributed by atoms with Crippen LogP contribution in [0.3, 0.4) is 0 Å². The van der Waals surface area contributed by atoms with E-state index in [9.17, 15) is 0 Å². The second-order valence-corrected chi connectivity index (χ2v) is 4.55. The van der Waals surface area contributed by atoms with Gasteiger partial charge in [0.15, 0.2) is 0 Å². The van der Waals surface area contributed by atoms with Gasteiger partial charge in [0.25, 0.3) is 5.82 Å². The van der Waals surface area contributed by atoms with Crippen LogP contribution in [0.25, 0.3) is 0 Å². The zero-order valence-electron chi connectivity index (χ0n) is 10.7. The van der Waals surface area contributed by atoms with Crippen LogP contribution in [0, 0.1) is 0 Å². The lowest BCUT2D eigenvalue weighted by atomic mass is 10.2. The summed E-state index contributed by atoms with van der Waals surface area (Å²) >= 11 is 0. The second kappa shape index (κ2) is 5.94. The number of imidazole rings is 1. The number of unbranched alkanes of at least 4 members (excludes halogenated alkanes) is 1. The second-order valence-electron chi connectivity index (χ2n) is 4.55. The number of aromatic nitrogens is 2. The van der Waals surface area contributed by atoms with Gasteiger partial charge in [-0.2, -0.15) is 0 Å². The van der Waals surface area contributed by atoms with Crippen molar-refractivity contribution in [3.8, 4) is 0 Å². The van der Waals surface area contributed by atoms with Gasteiger partial charge in [-0.3, -0.25) is 0 Å². The van der Waals surface area contributed by atoms with Crippen molar-refractivity contribution in [3.05, 3.63) is 18.2 Å². The molecule has 0 amide bonds. The third-order valence-corrected chi connectivity index (χ3v) is 2.75. The molecule has 0 atom stereocenters. The first-order valence-electron chi connectivity index (χ1n) is 6.29. The summed E-state index contributed by atoms with van der Waals surface area (Å²) in [6, 6.07) is 0. The van der Waals surface area contributed by atoms with Gasteiger partial charge in [-0.05, 0) is 12.8 Å². The van der Waals surface area contributed by atoms with Gasteiger partial charge in [0.2, 0.25) is 0 Å². The van der Waals surface area contributed by atoms with Gasteiger partial charge in [0.05, 0.1) is 19.0 Å². The van der Waals surface area contributed by atoms with Crippen molar-refractivity contribution in [1.29, 1.82) is 0 Å². The highest BCUT2D eigenvalue weighted by Crippen LogP contribution is 2.11. The van der Waals surface area contributed by atoms with E-state index in [1.54, 1.807) is 0 Å². The van der Waals surface area contributed by atoms with E-state index in [0.717, 1.165) is 6.54 Å². The van der Waals surface area contributed by atoms with Crippen LogP contribution < -0.4 is 4.57 Å². The van der Waals surface area contributed by atoms with Crippen LogP contribution in [-0.4, -0.2) is 4.57 Å². The van der Waals surface area contributed by atoms with Gasteiger partial charge in [-0.1, -0.05) is 34.1 Å². The molecule has 1 aromatic heterocycles. The highest BCUT2D eigenvalue weighted by molar-refractivity contribution is 4.89. The van der Waals surface area contributed by atoms with E-state index in [-0.39, 0.29) is 0 Å². The molecule has 1 aromatic rings. The van der Waals surface area contributed by atoms with Crippen molar-refractivity contribution in [2.24, 2.45) is 0 Å². The summed E-state index contributed by atoms with van der Waals surface area (Å²) in [5.74, 6) is 2.09. The van der Waals surface area contributed by atoms with Crippen molar-refractivity contribution in [3.63, 3.8) is 0 Å². The fourth-order valence-corrected chi connectivity index (χ4v) is 2.09. The third kappa shape index (κ3) is 3.08. The molecule has 0 N–H and O–H groups in total. The number of rotatable bonds is 6. The highest BCUT2D eigenvalue weighted by Gasteiger charge is 2.19. The van der Waals surface area contributed by atoms with Gasteiger partial charge in [-0.25, -0.2) is 9.13 Å². The first-order chi connectivity index (χ1) is 7.20. The molecule has 0 aromatic carbocycles. The molecule has 2 nitrogen and oxygen atoms in total. The Morgan fingerprint density at radius 2 is 2.00 bits per heavy atom. The van der Waals surface area contributed by atoms with Gasteiger partial charge in [0, 0.05) is 0 Å². The third-order valence-electron chi connectivity index (χ3n) is 2.75. The molecule has 0 aliphatic rings. The van der Waals surface area contributed by atoms with E-state index in [0.29, 0.717) is 5.92 Å². The average Bonchev–Trinajstić information content (AvgIpc) is 2.58. The van der Waals surface area contributed by atoms with Crippen molar-refractivity contribution in [1.82, 2.24) is 4.57 Å². The molecule has 0 saturated heterocycles. The SMILES string of the molecule is CCCCn1cc[n+](CCC)c1C(C)C. The highest BCUT2D eigenvalue weighted by atomic mass is 15.1. The molecule has 1 heterocycles. The Morgan fingerprint density at radius 1 is 1.27 bits per heavy atom. The van der Waals surface area contributed by atoms with E-state index < -0.39 is 0 Å². The van der Waals surface area contributed by atoms with Crippen molar-refractivity contribution in [2.45, 2.75) is 66.0 Å². The molecular formula is C13H25N2+. The van der Waals surface area contributed by atoms with Crippen LogP contribution in [0.2, 0.25) is 0 Å². The Kier molecular flexibility index (Phi) is 4.86. The minimum Gasteiger partial charge on any atom is -0.234 e. The van der Waals surface area contributed by atoms with E-state index in [1.807, 2.05) is 0 Å². The van der Waals surface area contributed by atoms with Crippen molar-refractivity contribution in [2.75, 3.05) is 0 Å². The molecule has 0 bridgehead atoms. The first kappa shape index (κ1) is 12.3. The summed E-state index contributed by atoms with van der Waals surface area (Å²) < 4.78 is 4.82. The molecule has 2 heteroatoms. The summed E-state index contributed by atoms with van der Waals surface area (Å²) in [7, 11) is 0. The maximum Gasteiger partial charge on any atom is 0.258 e. The summed E-state index contributed by atoms with van der Waals surface area (Å²) in [5, 5.41) is 0. The van der Waals surface area contributed by atoms with Crippen LogP contribution in [0.4, 0.5) is 0 Å². The van der Waals surface area contributed by atoms with E-state index in [4.69, 9.17) is 0 Å². The van der Waals surface area contributed by atoms with Crippen molar-refractivity contribution < 1.29 is 4.57 Å². The molecule has 1 rings (SSSR count). The predicted octanol–water partition coefficient (Wildman–Crippen LogP) is 3.11. The Balaban J connectivity index is 2.85. The van der Waals surface area contributed by atoms with Gasteiger partial charge in [0.1, 0.15) is 12.4 Å². The van der Waals surface area contributed by atoms with Gasteiger partial charge >= 0.3 is 0 Å². The Morgan fingerprint density at radius 3 is 2.53 bits per heavy atom. The smallest absolute Gasteiger partial charge is 0.234 e. The van der Waals surface area contributed by atoms with Crippen LogP contribution >= 0.6 is 0 Å². The Hall–Kier alpha value is -0.790. The fraction of sp³-hybridized carbons (Fsp3) is 0.769. The summed E-state index contributed by atoms with van der Waals surface area (Å²) in [4.78, 5) is 0. The monoisotopic (exact) mass is 209 g/mol. The molecule has 0 radical (unpaired) electrons. The lowest BCUT2D eigenvalue weighted by molar-refractivity contribution is -0.704. The van der Waals surface area contributed by atoms with Crippen LogP contribution in [0.1, 0.15) is 58.7 Å².